The highest BCUT2D eigenvalue weighted by Gasteiger charge is 2.04. The lowest BCUT2D eigenvalue weighted by Crippen LogP contribution is -2.13. The quantitative estimate of drug-likeness (QED) is 0.545. The van der Waals surface area contributed by atoms with Gasteiger partial charge in [-0.2, -0.15) is 0 Å². The SMILES string of the molecule is Cl.N=C(N)c1ncc(F)cc1Cl. The fraction of sp³-hybridized carbons (Fsp3) is 0. The predicted octanol–water partition coefficient (Wildman–Crippen LogP) is 1.58. The van der Waals surface area contributed by atoms with Gasteiger partial charge >= 0.3 is 0 Å². The summed E-state index contributed by atoms with van der Waals surface area (Å²) in [7, 11) is 0. The van der Waals surface area contributed by atoms with E-state index in [4.69, 9.17) is 22.7 Å². The molecule has 0 radical (unpaired) electrons. The Morgan fingerprint density at radius 3 is 2.67 bits per heavy atom. The summed E-state index contributed by atoms with van der Waals surface area (Å²) in [6.45, 7) is 0. The molecule has 0 aliphatic rings. The van der Waals surface area contributed by atoms with Crippen molar-refractivity contribution < 1.29 is 4.39 Å². The average molecular weight is 210 g/mol. The molecule has 0 amide bonds. The molecule has 0 saturated heterocycles. The molecule has 0 saturated carbocycles. The molecule has 3 N–H and O–H groups in total. The monoisotopic (exact) mass is 209 g/mol. The van der Waals surface area contributed by atoms with Gasteiger partial charge in [0.15, 0.2) is 0 Å². The van der Waals surface area contributed by atoms with E-state index in [2.05, 4.69) is 4.98 Å². The zero-order valence-electron chi connectivity index (χ0n) is 5.84. The van der Waals surface area contributed by atoms with Crippen molar-refractivity contribution in [3.05, 3.63) is 28.8 Å². The van der Waals surface area contributed by atoms with Crippen molar-refractivity contribution in [2.45, 2.75) is 0 Å². The van der Waals surface area contributed by atoms with E-state index < -0.39 is 5.82 Å². The molecule has 0 bridgehead atoms. The van der Waals surface area contributed by atoms with Crippen molar-refractivity contribution in [2.75, 3.05) is 0 Å². The minimum atomic E-state index is -0.542. The van der Waals surface area contributed by atoms with Gasteiger partial charge in [-0.1, -0.05) is 11.6 Å². The Morgan fingerprint density at radius 2 is 2.25 bits per heavy atom. The summed E-state index contributed by atoms with van der Waals surface area (Å²) in [4.78, 5) is 3.52. The summed E-state index contributed by atoms with van der Waals surface area (Å²) in [6, 6.07) is 1.06. The van der Waals surface area contributed by atoms with Gasteiger partial charge in [0.2, 0.25) is 0 Å². The second kappa shape index (κ2) is 4.23. The highest BCUT2D eigenvalue weighted by atomic mass is 35.5. The Bertz CT molecular complexity index is 303. The first-order chi connectivity index (χ1) is 5.11. The smallest absolute Gasteiger partial charge is 0.143 e. The molecule has 6 heteroatoms. The van der Waals surface area contributed by atoms with E-state index in [0.717, 1.165) is 12.3 Å². The highest BCUT2D eigenvalue weighted by Crippen LogP contribution is 2.13. The molecule has 1 rings (SSSR count). The van der Waals surface area contributed by atoms with Gasteiger partial charge in [-0.05, 0) is 6.07 Å². The number of pyridine rings is 1. The first kappa shape index (κ1) is 11.1. The summed E-state index contributed by atoms with van der Waals surface area (Å²) in [5.74, 6) is -0.810. The Labute approximate surface area is 79.7 Å². The first-order valence-corrected chi connectivity index (χ1v) is 3.14. The number of aromatic nitrogens is 1. The second-order valence-electron chi connectivity index (χ2n) is 1.90. The van der Waals surface area contributed by atoms with Crippen LogP contribution in [0.15, 0.2) is 12.3 Å². The summed E-state index contributed by atoms with van der Waals surface area (Å²) >= 11 is 5.50. The number of rotatable bonds is 1. The predicted molar refractivity (Wildman–Crippen MR) is 47.5 cm³/mol. The molecule has 0 spiro atoms. The first-order valence-electron chi connectivity index (χ1n) is 2.76. The molecule has 0 atom stereocenters. The lowest BCUT2D eigenvalue weighted by atomic mass is 10.3. The number of nitrogens with one attached hydrogen (secondary N) is 1. The standard InChI is InChI=1S/C6H5ClFN3.ClH/c7-4-1-3(8)2-11-5(4)6(9)10;/h1-2H,(H3,9,10);1H. The summed E-state index contributed by atoms with van der Waals surface area (Å²) in [5.41, 5.74) is 5.18. The van der Waals surface area contributed by atoms with E-state index in [1.54, 1.807) is 0 Å². The van der Waals surface area contributed by atoms with Gasteiger partial charge in [0.1, 0.15) is 17.3 Å². The van der Waals surface area contributed by atoms with Gasteiger partial charge in [-0.15, -0.1) is 12.4 Å². The van der Waals surface area contributed by atoms with Crippen LogP contribution >= 0.6 is 24.0 Å². The van der Waals surface area contributed by atoms with Crippen LogP contribution in [-0.4, -0.2) is 10.8 Å². The van der Waals surface area contributed by atoms with Crippen molar-refractivity contribution in [1.29, 1.82) is 5.41 Å². The number of amidine groups is 1. The Balaban J connectivity index is 0.00000121. The number of halogens is 3. The molecule has 0 aliphatic carbocycles. The number of nitrogen functional groups attached to an aromatic ring is 1. The van der Waals surface area contributed by atoms with Gasteiger partial charge in [0, 0.05) is 0 Å². The highest BCUT2D eigenvalue weighted by molar-refractivity contribution is 6.33. The fourth-order valence-corrected chi connectivity index (χ4v) is 0.868. The van der Waals surface area contributed by atoms with E-state index in [1.165, 1.54) is 0 Å². The molecule has 12 heavy (non-hydrogen) atoms. The van der Waals surface area contributed by atoms with Crippen molar-refractivity contribution in [1.82, 2.24) is 4.98 Å². The van der Waals surface area contributed by atoms with Crippen molar-refractivity contribution in [3.63, 3.8) is 0 Å². The van der Waals surface area contributed by atoms with Crippen LogP contribution in [-0.2, 0) is 0 Å². The number of nitrogens with zero attached hydrogens (tertiary/aromatic N) is 1. The topological polar surface area (TPSA) is 62.8 Å². The zero-order chi connectivity index (χ0) is 8.43. The van der Waals surface area contributed by atoms with Crippen molar-refractivity contribution in [2.24, 2.45) is 5.73 Å². The molecular weight excluding hydrogens is 204 g/mol. The minimum absolute atomic E-state index is 0. The van der Waals surface area contributed by atoms with Crippen molar-refractivity contribution in [3.8, 4) is 0 Å². The van der Waals surface area contributed by atoms with Crippen LogP contribution < -0.4 is 5.73 Å². The third-order valence-corrected chi connectivity index (χ3v) is 1.35. The second-order valence-corrected chi connectivity index (χ2v) is 2.30. The molecule has 1 heterocycles. The van der Waals surface area contributed by atoms with E-state index in [0.29, 0.717) is 0 Å². The Kier molecular flexibility index (Phi) is 3.92. The number of hydrogen-bond donors (Lipinski definition) is 2. The van der Waals surface area contributed by atoms with Crippen LogP contribution in [0, 0.1) is 11.2 Å². The average Bonchev–Trinajstić information content (AvgIpc) is 1.85. The normalized spacial score (nSPS) is 8.83. The van der Waals surface area contributed by atoms with Crippen LogP contribution in [0.5, 0.6) is 0 Å². The van der Waals surface area contributed by atoms with E-state index in [1.807, 2.05) is 0 Å². The maximum absolute atomic E-state index is 12.4. The molecule has 1 aromatic rings. The summed E-state index contributed by atoms with van der Waals surface area (Å²) < 4.78 is 12.4. The lowest BCUT2D eigenvalue weighted by Gasteiger charge is -1.98. The van der Waals surface area contributed by atoms with Gasteiger partial charge in [0.05, 0.1) is 11.2 Å². The summed E-state index contributed by atoms with van der Waals surface area (Å²) in [6.07, 6.45) is 0.961. The van der Waals surface area contributed by atoms with Gasteiger partial charge in [-0.3, -0.25) is 5.41 Å². The van der Waals surface area contributed by atoms with Gasteiger partial charge < -0.3 is 5.73 Å². The van der Waals surface area contributed by atoms with E-state index >= 15 is 0 Å². The maximum Gasteiger partial charge on any atom is 0.143 e. The molecule has 66 valence electrons. The molecular formula is C6H6Cl2FN3. The van der Waals surface area contributed by atoms with Crippen LogP contribution in [0.3, 0.4) is 0 Å². The molecule has 0 aliphatic heterocycles. The molecule has 1 aromatic heterocycles. The molecule has 0 fully saturated rings. The Hall–Kier alpha value is -0.870. The van der Waals surface area contributed by atoms with Crippen LogP contribution in [0.2, 0.25) is 5.02 Å². The van der Waals surface area contributed by atoms with Crippen LogP contribution in [0.25, 0.3) is 0 Å². The third-order valence-electron chi connectivity index (χ3n) is 1.06. The Morgan fingerprint density at radius 1 is 1.67 bits per heavy atom. The van der Waals surface area contributed by atoms with Gasteiger partial charge in [-0.25, -0.2) is 9.37 Å². The van der Waals surface area contributed by atoms with Crippen LogP contribution in [0.1, 0.15) is 5.69 Å². The molecule has 0 unspecified atom stereocenters. The number of hydrogen-bond acceptors (Lipinski definition) is 2. The largest absolute Gasteiger partial charge is 0.382 e. The number of nitrogens with two attached hydrogens (primary N) is 1. The fourth-order valence-electron chi connectivity index (χ4n) is 0.613. The molecule has 0 aromatic carbocycles. The summed E-state index contributed by atoms with van der Waals surface area (Å²) in [5, 5.41) is 7.01. The van der Waals surface area contributed by atoms with E-state index in [9.17, 15) is 4.39 Å². The minimum Gasteiger partial charge on any atom is -0.382 e. The molecule has 3 nitrogen and oxygen atoms in total. The lowest BCUT2D eigenvalue weighted by molar-refractivity contribution is 0.621. The van der Waals surface area contributed by atoms with E-state index in [-0.39, 0.29) is 29.0 Å². The van der Waals surface area contributed by atoms with Gasteiger partial charge in [0.25, 0.3) is 0 Å². The van der Waals surface area contributed by atoms with Crippen LogP contribution in [0.4, 0.5) is 4.39 Å². The zero-order valence-corrected chi connectivity index (χ0v) is 7.42. The maximum atomic E-state index is 12.4. The van der Waals surface area contributed by atoms with Crippen molar-refractivity contribution >= 4 is 29.8 Å². The third kappa shape index (κ3) is 2.32.